The zero-order valence-corrected chi connectivity index (χ0v) is 14.9. The molecule has 4 nitrogen and oxygen atoms in total. The molecular weight excluding hydrogens is 357 g/mol. The van der Waals surface area contributed by atoms with Gasteiger partial charge in [-0.2, -0.15) is 23.3 Å². The van der Waals surface area contributed by atoms with Crippen molar-refractivity contribution < 1.29 is 23.1 Å². The van der Waals surface area contributed by atoms with Gasteiger partial charge in [-0.3, -0.25) is 4.79 Å². The number of halogens is 3. The minimum atomic E-state index is -4.74. The minimum Gasteiger partial charge on any atom is -0.365 e. The fourth-order valence-electron chi connectivity index (χ4n) is 2.97. The van der Waals surface area contributed by atoms with E-state index in [-0.39, 0.29) is 11.1 Å². The number of hydrazone groups is 1. The van der Waals surface area contributed by atoms with E-state index >= 15 is 0 Å². The predicted molar refractivity (Wildman–Crippen MR) is 95.2 cm³/mol. The van der Waals surface area contributed by atoms with Crippen LogP contribution in [0.4, 0.5) is 13.2 Å². The lowest BCUT2D eigenvalue weighted by molar-refractivity contribution is -0.0816. The zero-order valence-electron chi connectivity index (χ0n) is 14.9. The van der Waals surface area contributed by atoms with Crippen LogP contribution in [0.2, 0.25) is 0 Å². The topological polar surface area (TPSA) is 52.9 Å². The van der Waals surface area contributed by atoms with Crippen LogP contribution in [-0.2, 0) is 12.1 Å². The van der Waals surface area contributed by atoms with E-state index in [2.05, 4.69) is 5.10 Å². The minimum absolute atomic E-state index is 0.149. The number of rotatable bonds is 3. The molecule has 27 heavy (non-hydrogen) atoms. The largest absolute Gasteiger partial charge is 0.431 e. The average molecular weight is 376 g/mol. The molecule has 1 N–H and O–H groups in total. The smallest absolute Gasteiger partial charge is 0.365 e. The molecule has 0 spiro atoms. The van der Waals surface area contributed by atoms with Crippen molar-refractivity contribution in [3.63, 3.8) is 0 Å². The van der Waals surface area contributed by atoms with Crippen LogP contribution in [-0.4, -0.2) is 27.9 Å². The van der Waals surface area contributed by atoms with E-state index in [1.807, 2.05) is 13.8 Å². The van der Waals surface area contributed by atoms with Gasteiger partial charge in [0.25, 0.3) is 5.91 Å². The first-order valence-corrected chi connectivity index (χ1v) is 8.53. The molecule has 1 aliphatic rings. The molecule has 0 saturated carbocycles. The maximum Gasteiger partial charge on any atom is 0.431 e. The molecule has 0 fully saturated rings. The molecule has 0 saturated heterocycles. The van der Waals surface area contributed by atoms with Crippen molar-refractivity contribution >= 4 is 11.6 Å². The second kappa shape index (κ2) is 6.81. The number of hydrogen-bond acceptors (Lipinski definition) is 3. The summed E-state index contributed by atoms with van der Waals surface area (Å²) in [7, 11) is 0. The van der Waals surface area contributed by atoms with E-state index in [4.69, 9.17) is 0 Å². The van der Waals surface area contributed by atoms with E-state index in [9.17, 15) is 23.1 Å². The second-order valence-electron chi connectivity index (χ2n) is 6.57. The number of nitrogens with zero attached hydrogens (tertiary/aromatic N) is 2. The zero-order chi connectivity index (χ0) is 19.8. The van der Waals surface area contributed by atoms with Crippen LogP contribution in [0.15, 0.2) is 53.6 Å². The van der Waals surface area contributed by atoms with Crippen molar-refractivity contribution in [3.05, 3.63) is 70.8 Å². The molecule has 1 atom stereocenters. The molecule has 0 aromatic heterocycles. The van der Waals surface area contributed by atoms with Gasteiger partial charge in [-0.15, -0.1) is 0 Å². The quantitative estimate of drug-likeness (QED) is 0.874. The Labute approximate surface area is 154 Å². The third-order valence-corrected chi connectivity index (χ3v) is 4.63. The lowest BCUT2D eigenvalue weighted by Crippen LogP contribution is -2.43. The Morgan fingerprint density at radius 3 is 2.26 bits per heavy atom. The summed E-state index contributed by atoms with van der Waals surface area (Å²) in [5.74, 6) is -0.795. The number of aliphatic hydroxyl groups is 1. The lowest BCUT2D eigenvalue weighted by Gasteiger charge is -2.31. The van der Waals surface area contributed by atoms with E-state index in [0.29, 0.717) is 5.01 Å². The van der Waals surface area contributed by atoms with Crippen LogP contribution in [0.25, 0.3) is 0 Å². The van der Waals surface area contributed by atoms with Gasteiger partial charge in [-0.1, -0.05) is 48.9 Å². The van der Waals surface area contributed by atoms with Crippen molar-refractivity contribution in [2.24, 2.45) is 5.10 Å². The molecule has 2 aromatic rings. The fraction of sp³-hybridized carbons (Fsp3) is 0.300. The maximum absolute atomic E-state index is 13.3. The van der Waals surface area contributed by atoms with Crippen LogP contribution >= 0.6 is 0 Å². The van der Waals surface area contributed by atoms with Crippen LogP contribution in [0, 0.1) is 6.92 Å². The fourth-order valence-corrected chi connectivity index (χ4v) is 2.97. The standard InChI is InChI=1S/C20H19F3N2O2/c1-3-14-6-10-16(11-7-14)19(27)12-17(20(21,22)23)24-25(19)18(26)15-8-4-13(2)5-9-15/h4-11,27H,3,12H2,1-2H3/t19-/m1/s1. The van der Waals surface area contributed by atoms with Crippen LogP contribution < -0.4 is 0 Å². The molecule has 1 heterocycles. The SMILES string of the molecule is CCc1ccc([C@]2(O)CC(C(F)(F)F)=NN2C(=O)c2ccc(C)cc2)cc1. The van der Waals surface area contributed by atoms with Gasteiger partial charge in [-0.05, 0) is 31.0 Å². The maximum atomic E-state index is 13.3. The molecular formula is C20H19F3N2O2. The van der Waals surface area contributed by atoms with Gasteiger partial charge in [0.2, 0.25) is 0 Å². The second-order valence-corrected chi connectivity index (χ2v) is 6.57. The first-order chi connectivity index (χ1) is 12.6. The summed E-state index contributed by atoms with van der Waals surface area (Å²) in [5, 5.41) is 15.1. The van der Waals surface area contributed by atoms with E-state index in [1.165, 1.54) is 24.3 Å². The van der Waals surface area contributed by atoms with Gasteiger partial charge in [-0.25, -0.2) is 0 Å². The number of amides is 1. The van der Waals surface area contributed by atoms with Crippen molar-refractivity contribution in [3.8, 4) is 0 Å². The highest BCUT2D eigenvalue weighted by Crippen LogP contribution is 2.40. The Balaban J connectivity index is 2.05. The molecule has 1 aliphatic heterocycles. The Bertz CT molecular complexity index is 874. The van der Waals surface area contributed by atoms with Gasteiger partial charge < -0.3 is 5.11 Å². The number of alkyl halides is 3. The van der Waals surface area contributed by atoms with E-state index < -0.39 is 29.9 Å². The molecule has 142 valence electrons. The Kier molecular flexibility index (Phi) is 4.82. The number of benzene rings is 2. The molecule has 0 bridgehead atoms. The van der Waals surface area contributed by atoms with Crippen molar-refractivity contribution in [1.29, 1.82) is 0 Å². The molecule has 3 rings (SSSR count). The summed E-state index contributed by atoms with van der Waals surface area (Å²) in [5.41, 5.74) is -1.19. The van der Waals surface area contributed by atoms with Crippen LogP contribution in [0.1, 0.15) is 40.4 Å². The molecule has 7 heteroatoms. The molecule has 2 aromatic carbocycles. The summed E-state index contributed by atoms with van der Waals surface area (Å²) in [6.45, 7) is 3.77. The van der Waals surface area contributed by atoms with Gasteiger partial charge >= 0.3 is 6.18 Å². The lowest BCUT2D eigenvalue weighted by atomic mass is 9.95. The molecule has 0 aliphatic carbocycles. The Hall–Kier alpha value is -2.67. The average Bonchev–Trinajstić information content (AvgIpc) is 3.01. The first kappa shape index (κ1) is 19.1. The summed E-state index contributed by atoms with van der Waals surface area (Å²) in [6.07, 6.45) is -4.81. The van der Waals surface area contributed by atoms with Crippen molar-refractivity contribution in [2.45, 2.75) is 38.6 Å². The highest BCUT2D eigenvalue weighted by atomic mass is 19.4. The van der Waals surface area contributed by atoms with Crippen molar-refractivity contribution in [2.75, 3.05) is 0 Å². The number of hydrogen-bond donors (Lipinski definition) is 1. The first-order valence-electron chi connectivity index (χ1n) is 8.53. The number of carbonyl (C=O) groups is 1. The Morgan fingerprint density at radius 2 is 1.74 bits per heavy atom. The monoisotopic (exact) mass is 376 g/mol. The van der Waals surface area contributed by atoms with Gasteiger partial charge in [0.15, 0.2) is 5.72 Å². The normalized spacial score (nSPS) is 19.9. The van der Waals surface area contributed by atoms with E-state index in [1.54, 1.807) is 24.3 Å². The van der Waals surface area contributed by atoms with Gasteiger partial charge in [0.1, 0.15) is 5.71 Å². The third kappa shape index (κ3) is 3.60. The Morgan fingerprint density at radius 1 is 1.15 bits per heavy atom. The summed E-state index contributed by atoms with van der Waals surface area (Å²) < 4.78 is 39.8. The third-order valence-electron chi connectivity index (χ3n) is 4.63. The summed E-state index contributed by atoms with van der Waals surface area (Å²) in [6, 6.07) is 12.8. The molecule has 0 radical (unpaired) electrons. The van der Waals surface area contributed by atoms with Crippen LogP contribution in [0.3, 0.4) is 0 Å². The molecule has 1 amide bonds. The van der Waals surface area contributed by atoms with Gasteiger partial charge in [0, 0.05) is 11.1 Å². The summed E-state index contributed by atoms with van der Waals surface area (Å²) in [4.78, 5) is 12.8. The van der Waals surface area contributed by atoms with E-state index in [0.717, 1.165) is 17.5 Å². The number of carbonyl (C=O) groups excluding carboxylic acids is 1. The highest BCUT2D eigenvalue weighted by Gasteiger charge is 2.53. The van der Waals surface area contributed by atoms with Crippen molar-refractivity contribution in [1.82, 2.24) is 5.01 Å². The highest BCUT2D eigenvalue weighted by molar-refractivity contribution is 5.99. The van der Waals surface area contributed by atoms with Crippen LogP contribution in [0.5, 0.6) is 0 Å². The predicted octanol–water partition coefficient (Wildman–Crippen LogP) is 4.17. The number of aryl methyl sites for hydroxylation is 2. The summed E-state index contributed by atoms with van der Waals surface area (Å²) >= 11 is 0. The molecule has 0 unspecified atom stereocenters. The van der Waals surface area contributed by atoms with Gasteiger partial charge in [0.05, 0.1) is 6.42 Å².